The second-order valence-electron chi connectivity index (χ2n) is 6.68. The van der Waals surface area contributed by atoms with E-state index in [4.69, 9.17) is 0 Å². The number of alkyl halides is 3. The zero-order valence-electron chi connectivity index (χ0n) is 16.0. The highest BCUT2D eigenvalue weighted by molar-refractivity contribution is 7.91. The van der Waals surface area contributed by atoms with Crippen molar-refractivity contribution >= 4 is 32.5 Å². The fourth-order valence-corrected chi connectivity index (χ4v) is 4.25. The van der Waals surface area contributed by atoms with Gasteiger partial charge in [-0.25, -0.2) is 23.4 Å². The van der Waals surface area contributed by atoms with Gasteiger partial charge in [-0.05, 0) is 12.1 Å². The first kappa shape index (κ1) is 20.8. The Hall–Kier alpha value is -3.48. The van der Waals surface area contributed by atoms with Crippen molar-refractivity contribution in [3.05, 3.63) is 42.1 Å². The lowest BCUT2D eigenvalue weighted by molar-refractivity contribution is -0.255. The van der Waals surface area contributed by atoms with Crippen LogP contribution in [0.3, 0.4) is 0 Å². The van der Waals surface area contributed by atoms with Gasteiger partial charge in [0.15, 0.2) is 9.84 Å². The molecule has 0 fully saturated rings. The van der Waals surface area contributed by atoms with E-state index in [2.05, 4.69) is 15.0 Å². The number of carboxylic acid groups (broad SMARTS) is 1. The van der Waals surface area contributed by atoms with Crippen LogP contribution in [0, 0.1) is 0 Å². The quantitative estimate of drug-likeness (QED) is 0.459. The summed E-state index contributed by atoms with van der Waals surface area (Å²) < 4.78 is 67.1. The average molecular weight is 452 g/mol. The molecule has 0 atom stereocenters. The minimum atomic E-state index is -4.67. The average Bonchev–Trinajstić information content (AvgIpc) is 3.27. The van der Waals surface area contributed by atoms with Gasteiger partial charge in [0.05, 0.1) is 33.8 Å². The van der Waals surface area contributed by atoms with E-state index in [1.807, 2.05) is 0 Å². The van der Waals surface area contributed by atoms with Crippen LogP contribution >= 0.6 is 0 Å². The molecule has 0 N–H and O–H groups in total. The molecule has 0 aliphatic heterocycles. The normalized spacial score (nSPS) is 12.7. The number of aromatic carboxylic acids is 1. The number of carboxylic acids is 1. The number of carbonyl (C=O) groups excluding carboxylic acids is 1. The highest BCUT2D eigenvalue weighted by Crippen LogP contribution is 2.33. The van der Waals surface area contributed by atoms with Gasteiger partial charge in [0.25, 0.3) is 0 Å². The lowest BCUT2D eigenvalue weighted by atomic mass is 10.2. The molecule has 162 valence electrons. The van der Waals surface area contributed by atoms with Crippen molar-refractivity contribution in [3.8, 4) is 11.4 Å². The van der Waals surface area contributed by atoms with Gasteiger partial charge >= 0.3 is 6.18 Å². The molecule has 0 unspecified atom stereocenters. The first-order valence-corrected chi connectivity index (χ1v) is 10.4. The van der Waals surface area contributed by atoms with Gasteiger partial charge in [-0.3, -0.25) is 0 Å². The van der Waals surface area contributed by atoms with Gasteiger partial charge < -0.3 is 18.9 Å². The minimum Gasteiger partial charge on any atom is -0.543 e. The molecule has 9 nitrogen and oxygen atoms in total. The van der Waals surface area contributed by atoms with Gasteiger partial charge in [0.2, 0.25) is 0 Å². The molecule has 0 saturated heterocycles. The summed E-state index contributed by atoms with van der Waals surface area (Å²) in [6.45, 7) is 1.43. The summed E-state index contributed by atoms with van der Waals surface area (Å²) in [6, 6.07) is 2.09. The molecule has 0 amide bonds. The molecule has 13 heteroatoms. The number of aromatic nitrogens is 5. The Labute approximate surface area is 172 Å². The molecule has 0 radical (unpaired) electrons. The number of fused-ring (bicyclic) bond motifs is 2. The van der Waals surface area contributed by atoms with E-state index in [1.165, 1.54) is 35.2 Å². The topological polar surface area (TPSA) is 122 Å². The maximum absolute atomic E-state index is 13.0. The van der Waals surface area contributed by atoms with Crippen molar-refractivity contribution < 1.29 is 31.5 Å². The summed E-state index contributed by atoms with van der Waals surface area (Å²) in [5, 5.41) is 11.1. The Morgan fingerprint density at radius 1 is 1.19 bits per heavy atom. The summed E-state index contributed by atoms with van der Waals surface area (Å²) in [7, 11) is -2.32. The Kier molecular flexibility index (Phi) is 4.54. The Morgan fingerprint density at radius 3 is 2.52 bits per heavy atom. The molecule has 4 rings (SSSR count). The first-order valence-electron chi connectivity index (χ1n) is 8.79. The van der Waals surface area contributed by atoms with E-state index in [0.29, 0.717) is 0 Å². The molecular formula is C18H13F3N5O4S-. The number of nitrogens with zero attached hydrogens (tertiary/aromatic N) is 5. The van der Waals surface area contributed by atoms with Crippen LogP contribution in [0.5, 0.6) is 0 Å². The summed E-state index contributed by atoms with van der Waals surface area (Å²) in [5.74, 6) is -1.75. The van der Waals surface area contributed by atoms with Crippen LogP contribution in [0.25, 0.3) is 28.1 Å². The van der Waals surface area contributed by atoms with Crippen molar-refractivity contribution in [2.24, 2.45) is 7.05 Å². The van der Waals surface area contributed by atoms with Crippen molar-refractivity contribution in [1.82, 2.24) is 23.9 Å². The predicted octanol–water partition coefficient (Wildman–Crippen LogP) is 1.46. The molecule has 0 aromatic carbocycles. The number of pyridine rings is 2. The van der Waals surface area contributed by atoms with Crippen LogP contribution in [0.1, 0.15) is 23.1 Å². The van der Waals surface area contributed by atoms with Crippen molar-refractivity contribution in [3.63, 3.8) is 0 Å². The van der Waals surface area contributed by atoms with Crippen LogP contribution in [-0.4, -0.2) is 44.1 Å². The van der Waals surface area contributed by atoms with Crippen LogP contribution in [-0.2, 0) is 23.1 Å². The number of halogens is 3. The minimum absolute atomic E-state index is 0.0293. The van der Waals surface area contributed by atoms with Crippen molar-refractivity contribution in [1.29, 1.82) is 0 Å². The second kappa shape index (κ2) is 6.77. The molecule has 0 aliphatic carbocycles. The van der Waals surface area contributed by atoms with Gasteiger partial charge in [0, 0.05) is 25.0 Å². The Morgan fingerprint density at radius 2 is 1.90 bits per heavy atom. The van der Waals surface area contributed by atoms with E-state index < -0.39 is 33.4 Å². The van der Waals surface area contributed by atoms with Crippen LogP contribution < -0.4 is 5.11 Å². The molecule has 4 aromatic rings. The molecule has 4 aromatic heterocycles. The molecule has 0 aliphatic rings. The molecule has 4 heterocycles. The van der Waals surface area contributed by atoms with Crippen LogP contribution in [0.4, 0.5) is 13.2 Å². The lowest BCUT2D eigenvalue weighted by Crippen LogP contribution is -2.22. The molecule has 0 bridgehead atoms. The predicted molar refractivity (Wildman–Crippen MR) is 99.8 cm³/mol. The van der Waals surface area contributed by atoms with Crippen LogP contribution in [0.2, 0.25) is 0 Å². The van der Waals surface area contributed by atoms with Crippen molar-refractivity contribution in [2.75, 3.05) is 5.75 Å². The third-order valence-electron chi connectivity index (χ3n) is 4.78. The standard InChI is InChI=1S/C18H14F3N5O4S/c1-3-31(29,30)13-8-26-7-11(17(27)28)23-15(26)4-9(13)16-24-10-5-14(18(19,20)21)22-6-12(10)25(16)2/h4-8H,3H2,1-2H3,(H,27,28)/p-1. The lowest BCUT2D eigenvalue weighted by Gasteiger charge is -2.10. The maximum atomic E-state index is 13.0. The number of imidazole rings is 2. The van der Waals surface area contributed by atoms with E-state index in [9.17, 15) is 31.5 Å². The highest BCUT2D eigenvalue weighted by atomic mass is 32.2. The number of aryl methyl sites for hydroxylation is 1. The Balaban J connectivity index is 2.04. The molecule has 0 saturated carbocycles. The number of rotatable bonds is 4. The smallest absolute Gasteiger partial charge is 0.433 e. The summed E-state index contributed by atoms with van der Waals surface area (Å²) in [6.07, 6.45) is -1.36. The fraction of sp³-hybridized carbons (Fsp3) is 0.222. The summed E-state index contributed by atoms with van der Waals surface area (Å²) in [4.78, 5) is 22.5. The number of hydrogen-bond donors (Lipinski definition) is 0. The zero-order valence-corrected chi connectivity index (χ0v) is 16.8. The summed E-state index contributed by atoms with van der Waals surface area (Å²) >= 11 is 0. The van der Waals surface area contributed by atoms with Gasteiger partial charge in [0.1, 0.15) is 22.9 Å². The molecule has 0 spiro atoms. The molecule has 31 heavy (non-hydrogen) atoms. The van der Waals surface area contributed by atoms with Gasteiger partial charge in [-0.15, -0.1) is 0 Å². The van der Waals surface area contributed by atoms with E-state index in [-0.39, 0.29) is 38.7 Å². The number of carbonyl (C=O) groups is 1. The molecular weight excluding hydrogens is 439 g/mol. The fourth-order valence-electron chi connectivity index (χ4n) is 3.18. The van der Waals surface area contributed by atoms with Gasteiger partial charge in [-0.2, -0.15) is 13.2 Å². The SMILES string of the molecule is CCS(=O)(=O)c1cn2cc(C(=O)[O-])nc2cc1-c1nc2cc(C(F)(F)F)ncc2n1C. The highest BCUT2D eigenvalue weighted by Gasteiger charge is 2.33. The van der Waals surface area contributed by atoms with Crippen LogP contribution in [0.15, 0.2) is 35.6 Å². The third kappa shape index (κ3) is 3.40. The third-order valence-corrected chi connectivity index (χ3v) is 6.53. The maximum Gasteiger partial charge on any atom is 0.433 e. The Bertz CT molecular complexity index is 1470. The van der Waals surface area contributed by atoms with E-state index in [0.717, 1.165) is 18.5 Å². The second-order valence-corrected chi connectivity index (χ2v) is 8.93. The summed E-state index contributed by atoms with van der Waals surface area (Å²) in [5.41, 5.74) is -1.14. The van der Waals surface area contributed by atoms with Gasteiger partial charge in [-0.1, -0.05) is 6.92 Å². The largest absolute Gasteiger partial charge is 0.543 e. The zero-order chi connectivity index (χ0) is 22.7. The monoisotopic (exact) mass is 452 g/mol. The van der Waals surface area contributed by atoms with E-state index in [1.54, 1.807) is 0 Å². The first-order chi connectivity index (χ1) is 14.4. The van der Waals surface area contributed by atoms with E-state index >= 15 is 0 Å². The van der Waals surface area contributed by atoms with Crippen molar-refractivity contribution in [2.45, 2.75) is 18.0 Å². The number of hydrogen-bond acceptors (Lipinski definition) is 7. The number of sulfone groups is 1.